The second-order valence-electron chi connectivity index (χ2n) is 6.43. The van der Waals surface area contributed by atoms with E-state index in [9.17, 15) is 13.2 Å². The quantitative estimate of drug-likeness (QED) is 0.616. The average Bonchev–Trinajstić information content (AvgIpc) is 2.99. The molecule has 28 heavy (non-hydrogen) atoms. The number of benzene rings is 2. The standard InChI is InChI=1S/C21H20N2O3S2/c1-5-10-23-18-11-14(3)15(4)12-19(18)27-21(23)22-20(24)16-8-7-9-17(13-16)28(25,26)6-2/h1,7-9,11-13H,6,10H2,2-4H3. The molecule has 2 aromatic carbocycles. The predicted octanol–water partition coefficient (Wildman–Crippen LogP) is 3.49. The zero-order valence-corrected chi connectivity index (χ0v) is 17.5. The zero-order valence-electron chi connectivity index (χ0n) is 15.9. The van der Waals surface area contributed by atoms with E-state index < -0.39 is 15.7 Å². The second kappa shape index (κ2) is 7.74. The van der Waals surface area contributed by atoms with Crippen LogP contribution in [0.4, 0.5) is 0 Å². The van der Waals surface area contributed by atoms with E-state index in [1.54, 1.807) is 19.1 Å². The monoisotopic (exact) mass is 412 g/mol. The van der Waals surface area contributed by atoms with Gasteiger partial charge in [0.15, 0.2) is 14.6 Å². The Morgan fingerprint density at radius 3 is 2.61 bits per heavy atom. The third kappa shape index (κ3) is 3.79. The highest BCUT2D eigenvalue weighted by Gasteiger charge is 2.15. The molecule has 1 heterocycles. The van der Waals surface area contributed by atoms with Crippen LogP contribution in [0.15, 0.2) is 46.3 Å². The Morgan fingerprint density at radius 2 is 1.93 bits per heavy atom. The van der Waals surface area contributed by atoms with Gasteiger partial charge in [0.2, 0.25) is 0 Å². The lowest BCUT2D eigenvalue weighted by atomic mass is 10.1. The van der Waals surface area contributed by atoms with Crippen molar-refractivity contribution in [1.82, 2.24) is 4.57 Å². The van der Waals surface area contributed by atoms with Crippen LogP contribution in [-0.2, 0) is 16.4 Å². The minimum absolute atomic E-state index is 0.0288. The molecule has 0 N–H and O–H groups in total. The van der Waals surface area contributed by atoms with Crippen LogP contribution in [0.3, 0.4) is 0 Å². The summed E-state index contributed by atoms with van der Waals surface area (Å²) in [5, 5.41) is 0. The predicted molar refractivity (Wildman–Crippen MR) is 112 cm³/mol. The van der Waals surface area contributed by atoms with Gasteiger partial charge in [0.05, 0.1) is 27.4 Å². The second-order valence-corrected chi connectivity index (χ2v) is 9.71. The van der Waals surface area contributed by atoms with E-state index in [-0.39, 0.29) is 16.2 Å². The van der Waals surface area contributed by atoms with Gasteiger partial charge in [-0.2, -0.15) is 4.99 Å². The highest BCUT2D eigenvalue weighted by Crippen LogP contribution is 2.22. The minimum atomic E-state index is -3.40. The van der Waals surface area contributed by atoms with Crippen molar-refractivity contribution in [2.24, 2.45) is 4.99 Å². The van der Waals surface area contributed by atoms with Crippen molar-refractivity contribution in [3.05, 3.63) is 57.9 Å². The molecular weight excluding hydrogens is 392 g/mol. The molecule has 0 aliphatic carbocycles. The largest absolute Gasteiger partial charge is 0.305 e. The van der Waals surface area contributed by atoms with Gasteiger partial charge in [0.1, 0.15) is 0 Å². The topological polar surface area (TPSA) is 68.5 Å². The molecule has 7 heteroatoms. The van der Waals surface area contributed by atoms with Crippen LogP contribution in [-0.4, -0.2) is 24.6 Å². The van der Waals surface area contributed by atoms with Crippen LogP contribution in [0.5, 0.6) is 0 Å². The van der Waals surface area contributed by atoms with Gasteiger partial charge in [-0.05, 0) is 55.3 Å². The van der Waals surface area contributed by atoms with Crippen molar-refractivity contribution in [1.29, 1.82) is 0 Å². The number of amides is 1. The van der Waals surface area contributed by atoms with E-state index >= 15 is 0 Å². The number of aromatic nitrogens is 1. The highest BCUT2D eigenvalue weighted by atomic mass is 32.2. The molecule has 0 fully saturated rings. The normalized spacial score (nSPS) is 12.3. The Kier molecular flexibility index (Phi) is 5.54. The van der Waals surface area contributed by atoms with Crippen molar-refractivity contribution in [2.45, 2.75) is 32.2 Å². The molecule has 0 unspecified atom stereocenters. The number of sulfone groups is 1. The molecule has 0 spiro atoms. The molecule has 0 atom stereocenters. The molecule has 144 valence electrons. The lowest BCUT2D eigenvalue weighted by Crippen LogP contribution is -2.16. The SMILES string of the molecule is C#CCn1c(=NC(=O)c2cccc(S(=O)(=O)CC)c2)sc2cc(C)c(C)cc21. The van der Waals surface area contributed by atoms with Gasteiger partial charge in [-0.3, -0.25) is 4.79 Å². The lowest BCUT2D eigenvalue weighted by molar-refractivity contribution is 0.0997. The van der Waals surface area contributed by atoms with Gasteiger partial charge in [-0.25, -0.2) is 8.42 Å². The maximum Gasteiger partial charge on any atom is 0.279 e. The number of hydrogen-bond donors (Lipinski definition) is 0. The molecule has 0 radical (unpaired) electrons. The van der Waals surface area contributed by atoms with Crippen LogP contribution in [0.25, 0.3) is 10.2 Å². The summed E-state index contributed by atoms with van der Waals surface area (Å²) in [4.78, 5) is 17.6. The molecule has 0 saturated carbocycles. The van der Waals surface area contributed by atoms with Crippen LogP contribution >= 0.6 is 11.3 Å². The minimum Gasteiger partial charge on any atom is -0.305 e. The smallest absolute Gasteiger partial charge is 0.279 e. The Hall–Kier alpha value is -2.69. The van der Waals surface area contributed by atoms with Crippen molar-refractivity contribution >= 4 is 37.3 Å². The third-order valence-electron chi connectivity index (χ3n) is 4.56. The van der Waals surface area contributed by atoms with Gasteiger partial charge in [-0.15, -0.1) is 6.42 Å². The van der Waals surface area contributed by atoms with Gasteiger partial charge < -0.3 is 4.57 Å². The summed E-state index contributed by atoms with van der Waals surface area (Å²) in [6, 6.07) is 10.1. The average molecular weight is 413 g/mol. The fourth-order valence-electron chi connectivity index (χ4n) is 2.79. The number of carbonyl (C=O) groups is 1. The highest BCUT2D eigenvalue weighted by molar-refractivity contribution is 7.91. The number of fused-ring (bicyclic) bond motifs is 1. The van der Waals surface area contributed by atoms with Crippen LogP contribution < -0.4 is 4.80 Å². The first-order valence-electron chi connectivity index (χ1n) is 8.72. The van der Waals surface area contributed by atoms with Crippen molar-refractivity contribution in [3.8, 4) is 12.3 Å². The number of hydrogen-bond acceptors (Lipinski definition) is 4. The van der Waals surface area contributed by atoms with Gasteiger partial charge in [0.25, 0.3) is 5.91 Å². The van der Waals surface area contributed by atoms with E-state index in [1.165, 1.54) is 23.5 Å². The Bertz CT molecular complexity index is 1290. The van der Waals surface area contributed by atoms with E-state index in [2.05, 4.69) is 17.0 Å². The lowest BCUT2D eigenvalue weighted by Gasteiger charge is -2.04. The molecule has 0 aliphatic rings. The fraction of sp³-hybridized carbons (Fsp3) is 0.238. The summed E-state index contributed by atoms with van der Waals surface area (Å²) in [6.45, 7) is 5.91. The van der Waals surface area contributed by atoms with Crippen molar-refractivity contribution in [2.75, 3.05) is 5.75 Å². The first-order chi connectivity index (χ1) is 13.3. The van der Waals surface area contributed by atoms with Crippen molar-refractivity contribution in [3.63, 3.8) is 0 Å². The summed E-state index contributed by atoms with van der Waals surface area (Å²) in [5.41, 5.74) is 3.44. The maximum atomic E-state index is 12.7. The Morgan fingerprint density at radius 1 is 1.21 bits per heavy atom. The molecule has 1 amide bonds. The van der Waals surface area contributed by atoms with E-state index in [4.69, 9.17) is 6.42 Å². The number of carbonyl (C=O) groups excluding carboxylic acids is 1. The Labute approximate surface area is 168 Å². The zero-order chi connectivity index (χ0) is 20.5. The molecular formula is C21H20N2O3S2. The first kappa shape index (κ1) is 20.1. The molecule has 0 bridgehead atoms. The molecule has 3 rings (SSSR count). The summed E-state index contributed by atoms with van der Waals surface area (Å²) in [6.07, 6.45) is 5.51. The number of thiazole rings is 1. The fourth-order valence-corrected chi connectivity index (χ4v) is 4.83. The van der Waals surface area contributed by atoms with E-state index in [0.717, 1.165) is 21.3 Å². The number of terminal acetylenes is 1. The van der Waals surface area contributed by atoms with E-state index in [0.29, 0.717) is 11.3 Å². The van der Waals surface area contributed by atoms with Gasteiger partial charge in [0, 0.05) is 5.56 Å². The first-order valence-corrected chi connectivity index (χ1v) is 11.2. The van der Waals surface area contributed by atoms with Gasteiger partial charge in [-0.1, -0.05) is 30.2 Å². The molecule has 0 aliphatic heterocycles. The third-order valence-corrected chi connectivity index (χ3v) is 7.34. The van der Waals surface area contributed by atoms with Gasteiger partial charge >= 0.3 is 0 Å². The molecule has 3 aromatic rings. The Balaban J connectivity index is 2.15. The maximum absolute atomic E-state index is 12.7. The summed E-state index contributed by atoms with van der Waals surface area (Å²) in [5.74, 6) is 2.08. The summed E-state index contributed by atoms with van der Waals surface area (Å²) >= 11 is 1.39. The summed E-state index contributed by atoms with van der Waals surface area (Å²) in [7, 11) is -3.40. The number of aryl methyl sites for hydroxylation is 2. The van der Waals surface area contributed by atoms with Crippen LogP contribution in [0.2, 0.25) is 0 Å². The van der Waals surface area contributed by atoms with Crippen molar-refractivity contribution < 1.29 is 13.2 Å². The number of rotatable bonds is 4. The van der Waals surface area contributed by atoms with E-state index in [1.807, 2.05) is 24.5 Å². The molecule has 1 aromatic heterocycles. The van der Waals surface area contributed by atoms with Crippen LogP contribution in [0, 0.1) is 26.2 Å². The summed E-state index contributed by atoms with van der Waals surface area (Å²) < 4.78 is 27.0. The number of nitrogens with zero attached hydrogens (tertiary/aromatic N) is 2. The molecule has 5 nitrogen and oxygen atoms in total. The van der Waals surface area contributed by atoms with Crippen LogP contribution in [0.1, 0.15) is 28.4 Å². The molecule has 0 saturated heterocycles.